The van der Waals surface area contributed by atoms with Crippen LogP contribution in [0.3, 0.4) is 0 Å². The van der Waals surface area contributed by atoms with Gasteiger partial charge in [0.1, 0.15) is 5.75 Å². The summed E-state index contributed by atoms with van der Waals surface area (Å²) >= 11 is 3.34. The second-order valence-electron chi connectivity index (χ2n) is 3.28. The van der Waals surface area contributed by atoms with Crippen LogP contribution in [0.1, 0.15) is 23.6 Å². The summed E-state index contributed by atoms with van der Waals surface area (Å²) in [7, 11) is 0. The Labute approximate surface area is 104 Å². The maximum atomic E-state index is 9.74. The Hall–Kier alpha value is -0.290. The van der Waals surface area contributed by atoms with E-state index in [1.54, 1.807) is 6.07 Å². The number of hydrogen-bond acceptors (Lipinski definition) is 3. The number of aliphatic hydroxyl groups excluding tert-OH is 1. The predicted octanol–water partition coefficient (Wildman–Crippen LogP) is 2.27. The second kappa shape index (κ2) is 6.33. The fraction of sp³-hybridized carbons (Fsp3) is 0.400. The van der Waals surface area contributed by atoms with E-state index in [0.29, 0.717) is 12.0 Å². The largest absolute Gasteiger partial charge is 0.507 e. The van der Waals surface area contributed by atoms with E-state index in [1.165, 1.54) is 0 Å². The highest BCUT2D eigenvalue weighted by atomic mass is 79.9. The number of benzene rings is 1. The van der Waals surface area contributed by atoms with Gasteiger partial charge in [-0.25, -0.2) is 0 Å². The molecule has 5 heteroatoms. The van der Waals surface area contributed by atoms with Gasteiger partial charge in [-0.15, -0.1) is 12.4 Å². The highest BCUT2D eigenvalue weighted by Gasteiger charge is 2.12. The van der Waals surface area contributed by atoms with Crippen LogP contribution in [0.15, 0.2) is 16.6 Å². The molecule has 0 unspecified atom stereocenters. The zero-order valence-electron chi connectivity index (χ0n) is 8.40. The summed E-state index contributed by atoms with van der Waals surface area (Å²) in [5, 5.41) is 18.5. The first-order valence-corrected chi connectivity index (χ1v) is 5.21. The molecule has 0 saturated carbocycles. The van der Waals surface area contributed by atoms with E-state index >= 15 is 0 Å². The first-order chi connectivity index (χ1) is 6.56. The summed E-state index contributed by atoms with van der Waals surface area (Å²) in [4.78, 5) is 0. The van der Waals surface area contributed by atoms with E-state index in [0.717, 1.165) is 10.0 Å². The second-order valence-corrected chi connectivity index (χ2v) is 4.19. The van der Waals surface area contributed by atoms with Crippen LogP contribution < -0.4 is 5.73 Å². The normalized spacial score (nSPS) is 12.0. The summed E-state index contributed by atoms with van der Waals surface area (Å²) in [5.41, 5.74) is 7.26. The van der Waals surface area contributed by atoms with Gasteiger partial charge in [-0.05, 0) is 31.0 Å². The van der Waals surface area contributed by atoms with Crippen molar-refractivity contribution >= 4 is 28.3 Å². The lowest BCUT2D eigenvalue weighted by Gasteiger charge is -2.14. The summed E-state index contributed by atoms with van der Waals surface area (Å²) in [6.45, 7) is 1.83. The van der Waals surface area contributed by atoms with Crippen LogP contribution in [0.4, 0.5) is 0 Å². The smallest absolute Gasteiger partial charge is 0.123 e. The van der Waals surface area contributed by atoms with Gasteiger partial charge in [0.15, 0.2) is 0 Å². The van der Waals surface area contributed by atoms with Crippen molar-refractivity contribution in [3.05, 3.63) is 27.7 Å². The van der Waals surface area contributed by atoms with E-state index in [-0.39, 0.29) is 30.8 Å². The number of phenolic OH excluding ortho intramolecular Hbond substituents is 1. The Bertz CT molecular complexity index is 333. The molecular weight excluding hydrogens is 281 g/mol. The average molecular weight is 297 g/mol. The number of aryl methyl sites for hydroxylation is 1. The lowest BCUT2D eigenvalue weighted by Crippen LogP contribution is -2.12. The van der Waals surface area contributed by atoms with Crippen LogP contribution in [0, 0.1) is 6.92 Å². The summed E-state index contributed by atoms with van der Waals surface area (Å²) in [6, 6.07) is 3.28. The third-order valence-electron chi connectivity index (χ3n) is 2.13. The fourth-order valence-corrected chi connectivity index (χ4v) is 1.93. The van der Waals surface area contributed by atoms with Crippen molar-refractivity contribution in [2.45, 2.75) is 19.4 Å². The summed E-state index contributed by atoms with van der Waals surface area (Å²) in [5.74, 6) is 0.217. The SMILES string of the molecule is Cc1cc(Br)cc([C@H](N)CCO)c1O.Cl. The first kappa shape index (κ1) is 14.7. The van der Waals surface area contributed by atoms with Crippen LogP contribution in [-0.4, -0.2) is 16.8 Å². The molecule has 0 aliphatic rings. The van der Waals surface area contributed by atoms with Crippen molar-refractivity contribution in [2.75, 3.05) is 6.61 Å². The molecule has 15 heavy (non-hydrogen) atoms. The lowest BCUT2D eigenvalue weighted by molar-refractivity contribution is 0.275. The molecular formula is C10H15BrClNO2. The Morgan fingerprint density at radius 3 is 2.60 bits per heavy atom. The molecule has 86 valence electrons. The molecule has 0 aliphatic heterocycles. The van der Waals surface area contributed by atoms with Crippen molar-refractivity contribution in [3.63, 3.8) is 0 Å². The van der Waals surface area contributed by atoms with Gasteiger partial charge < -0.3 is 15.9 Å². The van der Waals surface area contributed by atoms with Crippen molar-refractivity contribution in [1.29, 1.82) is 0 Å². The minimum Gasteiger partial charge on any atom is -0.507 e. The van der Waals surface area contributed by atoms with Crippen LogP contribution in [0.2, 0.25) is 0 Å². The van der Waals surface area contributed by atoms with Crippen LogP contribution in [0.25, 0.3) is 0 Å². The molecule has 0 radical (unpaired) electrons. The zero-order valence-corrected chi connectivity index (χ0v) is 10.8. The molecule has 3 nitrogen and oxygen atoms in total. The van der Waals surface area contributed by atoms with E-state index in [1.807, 2.05) is 13.0 Å². The van der Waals surface area contributed by atoms with Gasteiger partial charge in [-0.2, -0.15) is 0 Å². The molecule has 0 amide bonds. The molecule has 1 aromatic carbocycles. The monoisotopic (exact) mass is 295 g/mol. The molecule has 0 spiro atoms. The highest BCUT2D eigenvalue weighted by Crippen LogP contribution is 2.31. The standard InChI is InChI=1S/C10H14BrNO2.ClH/c1-6-4-7(11)5-8(10(6)14)9(12)2-3-13;/h4-5,9,13-14H,2-3,12H2,1H3;1H/t9-;/m1./s1. The van der Waals surface area contributed by atoms with Gasteiger partial charge in [0.2, 0.25) is 0 Å². The summed E-state index contributed by atoms with van der Waals surface area (Å²) < 4.78 is 0.885. The van der Waals surface area contributed by atoms with Crippen molar-refractivity contribution < 1.29 is 10.2 Å². The van der Waals surface area contributed by atoms with Crippen molar-refractivity contribution in [1.82, 2.24) is 0 Å². The average Bonchev–Trinajstić information content (AvgIpc) is 2.11. The van der Waals surface area contributed by atoms with E-state index in [2.05, 4.69) is 15.9 Å². The van der Waals surface area contributed by atoms with Gasteiger partial charge in [0, 0.05) is 22.7 Å². The molecule has 0 saturated heterocycles. The Balaban J connectivity index is 0.00000196. The van der Waals surface area contributed by atoms with Crippen LogP contribution >= 0.6 is 28.3 Å². The molecule has 1 atom stereocenters. The topological polar surface area (TPSA) is 66.5 Å². The number of aromatic hydroxyl groups is 1. The number of aliphatic hydroxyl groups is 1. The fourth-order valence-electron chi connectivity index (χ4n) is 1.34. The van der Waals surface area contributed by atoms with Crippen LogP contribution in [-0.2, 0) is 0 Å². The number of nitrogens with two attached hydrogens (primary N) is 1. The highest BCUT2D eigenvalue weighted by molar-refractivity contribution is 9.10. The molecule has 4 N–H and O–H groups in total. The third kappa shape index (κ3) is 3.65. The maximum Gasteiger partial charge on any atom is 0.123 e. The Kier molecular flexibility index (Phi) is 6.20. The van der Waals surface area contributed by atoms with Crippen LogP contribution in [0.5, 0.6) is 5.75 Å². The van der Waals surface area contributed by atoms with Crippen molar-refractivity contribution in [2.24, 2.45) is 5.73 Å². The number of rotatable bonds is 3. The quantitative estimate of drug-likeness (QED) is 0.801. The number of halogens is 2. The minimum atomic E-state index is -0.323. The van der Waals surface area contributed by atoms with E-state index < -0.39 is 0 Å². The summed E-state index contributed by atoms with van der Waals surface area (Å²) in [6.07, 6.45) is 0.448. The van der Waals surface area contributed by atoms with Crippen molar-refractivity contribution in [3.8, 4) is 5.75 Å². The zero-order chi connectivity index (χ0) is 10.7. The van der Waals surface area contributed by atoms with Gasteiger partial charge in [-0.1, -0.05) is 15.9 Å². The Morgan fingerprint density at radius 2 is 2.07 bits per heavy atom. The van der Waals surface area contributed by atoms with E-state index in [9.17, 15) is 5.11 Å². The first-order valence-electron chi connectivity index (χ1n) is 4.41. The molecule has 1 aromatic rings. The van der Waals surface area contributed by atoms with Gasteiger partial charge in [0.05, 0.1) is 0 Å². The number of hydrogen-bond donors (Lipinski definition) is 3. The molecule has 0 fully saturated rings. The van der Waals surface area contributed by atoms with E-state index in [4.69, 9.17) is 10.8 Å². The molecule has 0 aromatic heterocycles. The lowest BCUT2D eigenvalue weighted by atomic mass is 10.0. The molecule has 0 aliphatic carbocycles. The minimum absolute atomic E-state index is 0. The molecule has 1 rings (SSSR count). The third-order valence-corrected chi connectivity index (χ3v) is 2.59. The predicted molar refractivity (Wildman–Crippen MR) is 66.4 cm³/mol. The Morgan fingerprint density at radius 1 is 1.47 bits per heavy atom. The maximum absolute atomic E-state index is 9.74. The van der Waals surface area contributed by atoms with Gasteiger partial charge in [-0.3, -0.25) is 0 Å². The number of phenols is 1. The molecule has 0 bridgehead atoms. The molecule has 0 heterocycles. The van der Waals surface area contributed by atoms with Gasteiger partial charge >= 0.3 is 0 Å². The van der Waals surface area contributed by atoms with Gasteiger partial charge in [0.25, 0.3) is 0 Å².